The van der Waals surface area contributed by atoms with Gasteiger partial charge in [-0.3, -0.25) is 40.1 Å². The summed E-state index contributed by atoms with van der Waals surface area (Å²) in [6, 6.07) is 10.7. The van der Waals surface area contributed by atoms with Crippen molar-refractivity contribution >= 4 is 34.6 Å². The van der Waals surface area contributed by atoms with Crippen LogP contribution in [0.1, 0.15) is 20.8 Å². The summed E-state index contributed by atoms with van der Waals surface area (Å²) in [6.07, 6.45) is 2.27. The summed E-state index contributed by atoms with van der Waals surface area (Å²) in [4.78, 5) is 50.0. The van der Waals surface area contributed by atoms with Crippen LogP contribution in [-0.2, 0) is 9.53 Å². The summed E-state index contributed by atoms with van der Waals surface area (Å²) in [7, 11) is 1.99. The fraction of sp³-hybridized carbons (Fsp3) is 0.387. The van der Waals surface area contributed by atoms with E-state index in [1.54, 1.807) is 0 Å². The standard InChI is InChI=1S/C24H25FN10O3.C7H16N2O/c25-17-12-29-20(18-10-14(13-36)31-32-18)21-19(17)16(11-28-21)22(37)23(38)33-6-8-34(9-7-33)24(30-26)35(27)15-4-2-1-3-5-15;1-8-2-3-9-4-6-10-7-5-9/h1-5,10-13,24,28,30H,6-9,26-27H2,(H,31,32);8H,2-7H2,1H3. The van der Waals surface area contributed by atoms with Crippen LogP contribution < -0.4 is 27.4 Å². The van der Waals surface area contributed by atoms with E-state index in [-0.39, 0.29) is 46.6 Å². The number of aromatic amines is 2. The van der Waals surface area contributed by atoms with Crippen LogP contribution in [-0.4, -0.2) is 132 Å². The Morgan fingerprint density at radius 3 is 2.52 bits per heavy atom. The number of hydrazine groups is 2. The Balaban J connectivity index is 0.000000387. The molecule has 3 aromatic heterocycles. The first-order valence-corrected chi connectivity index (χ1v) is 15.6. The summed E-state index contributed by atoms with van der Waals surface area (Å²) in [5.74, 6) is 9.66. The van der Waals surface area contributed by atoms with E-state index in [9.17, 15) is 18.8 Å². The predicted octanol–water partition coefficient (Wildman–Crippen LogP) is -0.103. The predicted molar refractivity (Wildman–Crippen MR) is 177 cm³/mol. The second-order valence-electron chi connectivity index (χ2n) is 11.2. The molecule has 6 rings (SSSR count). The second-order valence-corrected chi connectivity index (χ2v) is 11.2. The number of nitrogens with one attached hydrogen (secondary N) is 4. The first-order chi connectivity index (χ1) is 23.4. The van der Waals surface area contributed by atoms with Gasteiger partial charge in [-0.05, 0) is 25.2 Å². The molecule has 17 heteroatoms. The fourth-order valence-electron chi connectivity index (χ4n) is 5.63. The van der Waals surface area contributed by atoms with Crippen LogP contribution in [0, 0.1) is 5.82 Å². The number of para-hydroxylation sites is 1. The third kappa shape index (κ3) is 7.91. The number of halogens is 1. The Bertz CT molecular complexity index is 1670. The van der Waals surface area contributed by atoms with Gasteiger partial charge in [-0.15, -0.1) is 0 Å². The third-order valence-electron chi connectivity index (χ3n) is 8.26. The number of likely N-dealkylation sites (N-methyl/N-ethyl adjacent to an activating group) is 1. The molecule has 2 aliphatic rings. The SMILES string of the molecule is CNCCN1CCOCC1.NNC(N1CCN(C(=O)C(=O)c2c[nH]c3c(-c4cc(C=O)[nH]n4)ncc(F)c23)CC1)N(N)c1ccccc1. The number of fused-ring (bicyclic) bond motifs is 1. The molecule has 1 unspecified atom stereocenters. The maximum absolute atomic E-state index is 14.8. The molecule has 1 amide bonds. The van der Waals surface area contributed by atoms with Crippen molar-refractivity contribution in [2.45, 2.75) is 6.29 Å². The number of anilines is 1. The van der Waals surface area contributed by atoms with E-state index in [2.05, 4.69) is 35.8 Å². The van der Waals surface area contributed by atoms with Crippen molar-refractivity contribution in [3.05, 3.63) is 65.9 Å². The van der Waals surface area contributed by atoms with E-state index in [1.807, 2.05) is 42.3 Å². The molecule has 4 aromatic rings. The lowest BCUT2D eigenvalue weighted by atomic mass is 10.1. The Hall–Kier alpha value is -4.62. The lowest BCUT2D eigenvalue weighted by Crippen LogP contribution is -2.65. The molecule has 48 heavy (non-hydrogen) atoms. The zero-order valence-corrected chi connectivity index (χ0v) is 26.7. The van der Waals surface area contributed by atoms with Crippen LogP contribution in [0.2, 0.25) is 0 Å². The summed E-state index contributed by atoms with van der Waals surface area (Å²) in [6.45, 7) is 7.51. The zero-order valence-electron chi connectivity index (χ0n) is 26.7. The molecular formula is C31H41FN12O4. The number of nitrogens with two attached hydrogens (primary N) is 2. The number of ether oxygens (including phenoxy) is 1. The van der Waals surface area contributed by atoms with Crippen molar-refractivity contribution in [3.8, 4) is 11.4 Å². The molecule has 1 aromatic carbocycles. The number of H-pyrrole nitrogens is 2. The highest BCUT2D eigenvalue weighted by Crippen LogP contribution is 2.30. The van der Waals surface area contributed by atoms with Crippen molar-refractivity contribution in [3.63, 3.8) is 0 Å². The fourth-order valence-corrected chi connectivity index (χ4v) is 5.63. The molecule has 1 atom stereocenters. The number of pyridine rings is 1. The molecule has 2 fully saturated rings. The van der Waals surface area contributed by atoms with E-state index in [1.165, 1.54) is 22.2 Å². The van der Waals surface area contributed by atoms with E-state index in [0.717, 1.165) is 51.3 Å². The van der Waals surface area contributed by atoms with Crippen molar-refractivity contribution in [2.24, 2.45) is 11.7 Å². The number of rotatable bonds is 11. The van der Waals surface area contributed by atoms with Gasteiger partial charge in [0.05, 0.1) is 47.3 Å². The van der Waals surface area contributed by atoms with Gasteiger partial charge in [0.1, 0.15) is 11.4 Å². The van der Waals surface area contributed by atoms with Crippen molar-refractivity contribution < 1.29 is 23.5 Å². The van der Waals surface area contributed by atoms with Gasteiger partial charge in [-0.25, -0.2) is 20.6 Å². The number of benzene rings is 1. The minimum atomic E-state index is -0.852. The smallest absolute Gasteiger partial charge is 0.295 e. The number of carbonyl (C=O) groups is 3. The number of hydrogen-bond acceptors (Lipinski definition) is 13. The number of morpholine rings is 1. The lowest BCUT2D eigenvalue weighted by Gasteiger charge is -2.42. The molecule has 0 bridgehead atoms. The van der Waals surface area contributed by atoms with Gasteiger partial charge in [0.15, 0.2) is 18.4 Å². The number of amides is 1. The highest BCUT2D eigenvalue weighted by molar-refractivity contribution is 6.45. The van der Waals surface area contributed by atoms with Gasteiger partial charge in [0.2, 0.25) is 0 Å². The maximum atomic E-state index is 14.8. The summed E-state index contributed by atoms with van der Waals surface area (Å²) < 4.78 is 20.0. The first kappa shape index (κ1) is 34.7. The van der Waals surface area contributed by atoms with Crippen molar-refractivity contribution in [1.82, 2.24) is 45.6 Å². The number of carbonyl (C=O) groups excluding carboxylic acids is 3. The van der Waals surface area contributed by atoms with E-state index < -0.39 is 23.8 Å². The highest BCUT2D eigenvalue weighted by Gasteiger charge is 2.33. The van der Waals surface area contributed by atoms with Gasteiger partial charge in [-0.2, -0.15) is 5.10 Å². The Morgan fingerprint density at radius 1 is 1.15 bits per heavy atom. The maximum Gasteiger partial charge on any atom is 0.295 e. The third-order valence-corrected chi connectivity index (χ3v) is 8.26. The highest BCUT2D eigenvalue weighted by atomic mass is 19.1. The quantitative estimate of drug-likeness (QED) is 0.0310. The number of Topliss-reactive ketones (excluding diaryl/α,β-unsaturated/α-hetero) is 1. The van der Waals surface area contributed by atoms with Crippen LogP contribution in [0.3, 0.4) is 0 Å². The van der Waals surface area contributed by atoms with Gasteiger partial charge in [-0.1, -0.05) is 18.2 Å². The molecule has 256 valence electrons. The number of nitrogens with zero attached hydrogens (tertiary/aromatic N) is 6. The monoisotopic (exact) mass is 664 g/mol. The van der Waals surface area contributed by atoms with Crippen LogP contribution in [0.15, 0.2) is 48.8 Å². The van der Waals surface area contributed by atoms with E-state index in [0.29, 0.717) is 19.4 Å². The average molecular weight is 665 g/mol. The van der Waals surface area contributed by atoms with Crippen LogP contribution in [0.4, 0.5) is 10.1 Å². The molecule has 8 N–H and O–H groups in total. The van der Waals surface area contributed by atoms with Crippen LogP contribution >= 0.6 is 0 Å². The van der Waals surface area contributed by atoms with Crippen molar-refractivity contribution in [2.75, 3.05) is 77.6 Å². The topological polar surface area (TPSA) is 207 Å². The Labute approximate surface area is 276 Å². The molecule has 5 heterocycles. The van der Waals surface area contributed by atoms with Gasteiger partial charge in [0.25, 0.3) is 11.7 Å². The van der Waals surface area contributed by atoms with Gasteiger partial charge >= 0.3 is 0 Å². The summed E-state index contributed by atoms with van der Waals surface area (Å²) in [5.41, 5.74) is 4.24. The minimum absolute atomic E-state index is 0.0725. The summed E-state index contributed by atoms with van der Waals surface area (Å²) in [5, 5.41) is 11.1. The average Bonchev–Trinajstić information content (AvgIpc) is 3.81. The van der Waals surface area contributed by atoms with E-state index in [4.69, 9.17) is 16.4 Å². The second kappa shape index (κ2) is 16.5. The Morgan fingerprint density at radius 2 is 1.88 bits per heavy atom. The zero-order chi connectivity index (χ0) is 34.0. The molecular weight excluding hydrogens is 623 g/mol. The molecule has 2 aliphatic heterocycles. The molecule has 16 nitrogen and oxygen atoms in total. The molecule has 2 saturated heterocycles. The number of aromatic nitrogens is 4. The largest absolute Gasteiger partial charge is 0.379 e. The lowest BCUT2D eigenvalue weighted by molar-refractivity contribution is -0.128. The van der Waals surface area contributed by atoms with Crippen LogP contribution in [0.5, 0.6) is 0 Å². The Kier molecular flexibility index (Phi) is 11.9. The molecule has 0 radical (unpaired) electrons. The molecule has 0 aliphatic carbocycles. The first-order valence-electron chi connectivity index (χ1n) is 15.6. The van der Waals surface area contributed by atoms with Crippen LogP contribution in [0.25, 0.3) is 22.3 Å². The normalized spacial score (nSPS) is 16.3. The van der Waals surface area contributed by atoms with Crippen molar-refractivity contribution in [1.29, 1.82) is 0 Å². The van der Waals surface area contributed by atoms with Gasteiger partial charge < -0.3 is 19.9 Å². The number of ketones is 1. The summed E-state index contributed by atoms with van der Waals surface area (Å²) >= 11 is 0. The molecule has 0 saturated carbocycles. The number of aldehydes is 1. The van der Waals surface area contributed by atoms with Gasteiger partial charge in [0, 0.05) is 58.6 Å². The van der Waals surface area contributed by atoms with E-state index >= 15 is 0 Å². The number of hydrogen-bond donors (Lipinski definition) is 6. The number of piperazine rings is 1. The minimum Gasteiger partial charge on any atom is -0.379 e. The molecule has 0 spiro atoms.